The van der Waals surface area contributed by atoms with Crippen molar-refractivity contribution in [3.05, 3.63) is 101 Å². The van der Waals surface area contributed by atoms with E-state index in [1.54, 1.807) is 51.3 Å². The molecule has 9 nitrogen and oxygen atoms in total. The van der Waals surface area contributed by atoms with Crippen LogP contribution in [0.15, 0.2) is 99.2 Å². The average Bonchev–Trinajstić information content (AvgIpc) is 3.44. The highest BCUT2D eigenvalue weighted by atomic mass is 16.6. The van der Waals surface area contributed by atoms with Crippen molar-refractivity contribution < 1.29 is 23.4 Å². The molecular weight excluding hydrogens is 534 g/mol. The molecule has 0 saturated heterocycles. The number of para-hydroxylation sites is 1. The number of carbonyl (C=O) groups excluding carboxylic acids is 1. The molecular formula is C33H27N3O6. The number of carbonyl (C=O) groups is 1. The number of hydrogen-bond donors (Lipinski definition) is 0. The Morgan fingerprint density at radius 2 is 1.74 bits per heavy atom. The van der Waals surface area contributed by atoms with Crippen molar-refractivity contribution in [1.29, 1.82) is 0 Å². The van der Waals surface area contributed by atoms with Gasteiger partial charge in [0.1, 0.15) is 17.1 Å². The highest BCUT2D eigenvalue weighted by Crippen LogP contribution is 2.33. The zero-order valence-corrected chi connectivity index (χ0v) is 23.2. The van der Waals surface area contributed by atoms with Gasteiger partial charge in [-0.25, -0.2) is 9.78 Å². The summed E-state index contributed by atoms with van der Waals surface area (Å²) in [5.74, 6) is 1.12. The Hall–Kier alpha value is -5.44. The quantitative estimate of drug-likeness (QED) is 0.161. The van der Waals surface area contributed by atoms with Gasteiger partial charge in [-0.2, -0.15) is 9.78 Å². The van der Waals surface area contributed by atoms with Crippen LogP contribution >= 0.6 is 0 Å². The number of methoxy groups -OCH3 is 1. The van der Waals surface area contributed by atoms with Crippen LogP contribution < -0.4 is 15.0 Å². The fourth-order valence-electron chi connectivity index (χ4n) is 4.80. The first-order chi connectivity index (χ1) is 20.4. The Morgan fingerprint density at radius 1 is 0.952 bits per heavy atom. The molecule has 0 N–H and O–H groups in total. The van der Waals surface area contributed by atoms with Gasteiger partial charge in [0, 0.05) is 5.56 Å². The van der Waals surface area contributed by atoms with Gasteiger partial charge in [0.2, 0.25) is 5.82 Å². The smallest absolute Gasteiger partial charge is 0.344 e. The predicted molar refractivity (Wildman–Crippen MR) is 161 cm³/mol. The van der Waals surface area contributed by atoms with Crippen LogP contribution in [0.2, 0.25) is 0 Å². The zero-order valence-electron chi connectivity index (χ0n) is 23.2. The van der Waals surface area contributed by atoms with Gasteiger partial charge in [0.25, 0.3) is 5.56 Å². The monoisotopic (exact) mass is 561 g/mol. The van der Waals surface area contributed by atoms with Crippen LogP contribution in [0.1, 0.15) is 19.4 Å². The highest BCUT2D eigenvalue weighted by Gasteiger charge is 2.18. The summed E-state index contributed by atoms with van der Waals surface area (Å²) in [5.41, 5.74) is 1.31. The summed E-state index contributed by atoms with van der Waals surface area (Å²) < 4.78 is 23.9. The molecule has 210 valence electrons. The number of hydrogen-bond acceptors (Lipinski definition) is 8. The number of ether oxygens (including phenoxy) is 3. The molecule has 0 atom stereocenters. The maximum atomic E-state index is 13.8. The van der Waals surface area contributed by atoms with E-state index in [1.165, 1.54) is 10.9 Å². The minimum absolute atomic E-state index is 0.219. The van der Waals surface area contributed by atoms with Gasteiger partial charge in [-0.1, -0.05) is 48.5 Å². The molecule has 0 radical (unpaired) electrons. The second-order valence-corrected chi connectivity index (χ2v) is 9.82. The molecule has 0 unspecified atom stereocenters. The topological polar surface area (TPSA) is 105 Å². The van der Waals surface area contributed by atoms with Crippen molar-refractivity contribution in [2.24, 2.45) is 5.10 Å². The first-order valence-corrected chi connectivity index (χ1v) is 13.4. The van der Waals surface area contributed by atoms with Crippen molar-refractivity contribution in [3.63, 3.8) is 0 Å². The molecule has 0 bridgehead atoms. The molecule has 0 aliphatic heterocycles. The van der Waals surface area contributed by atoms with Crippen LogP contribution in [0, 0.1) is 0 Å². The van der Waals surface area contributed by atoms with Crippen LogP contribution in [-0.4, -0.2) is 41.7 Å². The standard InChI is InChI=1S/C33H27N3O6/c1-20(2)41-31(37)19-40-28-16-15-21-9-4-5-10-22(21)25(28)18-34-36-32(35-26-12-7-6-11-23(26)33(36)38)30-17-24-27(39-3)13-8-14-29(24)42-30/h4-18,20H,19H2,1-3H3. The molecule has 42 heavy (non-hydrogen) atoms. The van der Waals surface area contributed by atoms with Gasteiger partial charge in [-0.3, -0.25) is 4.79 Å². The SMILES string of the molecule is COc1cccc2oc(-c3nc4ccccc4c(=O)n3N=Cc3c(OCC(=O)OC(C)C)ccc4ccccc34)cc12. The Labute approximate surface area is 240 Å². The van der Waals surface area contributed by atoms with E-state index in [-0.39, 0.29) is 24.1 Å². The number of benzene rings is 4. The van der Waals surface area contributed by atoms with Gasteiger partial charge >= 0.3 is 5.97 Å². The minimum atomic E-state index is -0.487. The maximum Gasteiger partial charge on any atom is 0.344 e. The molecule has 0 aliphatic carbocycles. The van der Waals surface area contributed by atoms with E-state index in [2.05, 4.69) is 5.10 Å². The van der Waals surface area contributed by atoms with E-state index in [0.29, 0.717) is 39.3 Å². The minimum Gasteiger partial charge on any atom is -0.496 e. The number of fused-ring (bicyclic) bond motifs is 3. The summed E-state index contributed by atoms with van der Waals surface area (Å²) in [4.78, 5) is 30.8. The van der Waals surface area contributed by atoms with Gasteiger partial charge in [0.05, 0.1) is 35.7 Å². The molecule has 0 amide bonds. The van der Waals surface area contributed by atoms with E-state index in [9.17, 15) is 9.59 Å². The summed E-state index contributed by atoms with van der Waals surface area (Å²) in [7, 11) is 1.59. The number of esters is 1. The predicted octanol–water partition coefficient (Wildman–Crippen LogP) is 6.18. The van der Waals surface area contributed by atoms with E-state index >= 15 is 0 Å². The van der Waals surface area contributed by atoms with Crippen molar-refractivity contribution in [1.82, 2.24) is 9.66 Å². The van der Waals surface area contributed by atoms with Crippen LogP contribution in [-0.2, 0) is 9.53 Å². The van der Waals surface area contributed by atoms with Crippen LogP contribution in [0.4, 0.5) is 0 Å². The van der Waals surface area contributed by atoms with E-state index in [1.807, 2.05) is 54.6 Å². The molecule has 6 rings (SSSR count). The largest absolute Gasteiger partial charge is 0.496 e. The van der Waals surface area contributed by atoms with E-state index < -0.39 is 5.97 Å². The fourth-order valence-corrected chi connectivity index (χ4v) is 4.80. The third-order valence-corrected chi connectivity index (χ3v) is 6.66. The highest BCUT2D eigenvalue weighted by molar-refractivity contribution is 6.02. The molecule has 0 aliphatic rings. The van der Waals surface area contributed by atoms with E-state index in [0.717, 1.165) is 16.2 Å². The Kier molecular flexibility index (Phi) is 7.14. The summed E-state index contributed by atoms with van der Waals surface area (Å²) in [5, 5.41) is 7.53. The molecule has 2 aromatic heterocycles. The van der Waals surface area contributed by atoms with Gasteiger partial charge in [-0.05, 0) is 61.0 Å². The Balaban J connectivity index is 1.51. The van der Waals surface area contributed by atoms with Gasteiger partial charge < -0.3 is 18.6 Å². The lowest BCUT2D eigenvalue weighted by atomic mass is 10.0. The first kappa shape index (κ1) is 26.8. The number of furan rings is 1. The molecule has 0 spiro atoms. The fraction of sp³-hybridized carbons (Fsp3) is 0.152. The van der Waals surface area contributed by atoms with Crippen LogP contribution in [0.25, 0.3) is 44.2 Å². The van der Waals surface area contributed by atoms with Gasteiger partial charge in [-0.15, -0.1) is 0 Å². The third-order valence-electron chi connectivity index (χ3n) is 6.66. The zero-order chi connectivity index (χ0) is 29.2. The Bertz CT molecular complexity index is 2040. The van der Waals surface area contributed by atoms with Crippen molar-refractivity contribution in [3.8, 4) is 23.1 Å². The van der Waals surface area contributed by atoms with Crippen LogP contribution in [0.5, 0.6) is 11.5 Å². The van der Waals surface area contributed by atoms with E-state index in [4.69, 9.17) is 23.6 Å². The number of rotatable bonds is 8. The lowest BCUT2D eigenvalue weighted by Gasteiger charge is -2.13. The average molecular weight is 562 g/mol. The van der Waals surface area contributed by atoms with Crippen LogP contribution in [0.3, 0.4) is 0 Å². The normalized spacial score (nSPS) is 11.6. The lowest BCUT2D eigenvalue weighted by molar-refractivity contribution is -0.149. The second-order valence-electron chi connectivity index (χ2n) is 9.82. The number of aromatic nitrogens is 2. The van der Waals surface area contributed by atoms with Crippen molar-refractivity contribution >= 4 is 44.8 Å². The molecule has 2 heterocycles. The maximum absolute atomic E-state index is 13.8. The molecule has 9 heteroatoms. The molecule has 0 fully saturated rings. The van der Waals surface area contributed by atoms with Gasteiger partial charge in [0.15, 0.2) is 12.4 Å². The lowest BCUT2D eigenvalue weighted by Crippen LogP contribution is -2.20. The summed E-state index contributed by atoms with van der Waals surface area (Å²) in [6.07, 6.45) is 1.28. The molecule has 6 aromatic rings. The number of nitrogens with zero attached hydrogens (tertiary/aromatic N) is 3. The second kappa shape index (κ2) is 11.2. The van der Waals surface area contributed by atoms with Crippen molar-refractivity contribution in [2.75, 3.05) is 13.7 Å². The third kappa shape index (κ3) is 5.08. The first-order valence-electron chi connectivity index (χ1n) is 13.4. The Morgan fingerprint density at radius 3 is 2.55 bits per heavy atom. The molecule has 4 aromatic carbocycles. The summed E-state index contributed by atoms with van der Waals surface area (Å²) in [6.45, 7) is 3.27. The summed E-state index contributed by atoms with van der Waals surface area (Å²) >= 11 is 0. The molecule has 0 saturated carbocycles. The van der Waals surface area contributed by atoms with Crippen molar-refractivity contribution in [2.45, 2.75) is 20.0 Å². The summed E-state index contributed by atoms with van der Waals surface area (Å²) in [6, 6.07) is 25.7.